The van der Waals surface area contributed by atoms with E-state index < -0.39 is 10.0 Å². The molecule has 0 bridgehead atoms. The second-order valence-electron chi connectivity index (χ2n) is 5.24. The van der Waals surface area contributed by atoms with E-state index in [2.05, 4.69) is 9.71 Å². The monoisotopic (exact) mass is 288 g/mol. The van der Waals surface area contributed by atoms with Crippen LogP contribution in [0.3, 0.4) is 0 Å². The summed E-state index contributed by atoms with van der Waals surface area (Å²) in [5.74, 6) is 0.0308. The van der Waals surface area contributed by atoms with Gasteiger partial charge in [0.05, 0.1) is 0 Å². The summed E-state index contributed by atoms with van der Waals surface area (Å²) in [4.78, 5) is 4.60. The second kappa shape index (κ2) is 4.22. The van der Waals surface area contributed by atoms with Crippen LogP contribution < -0.4 is 10.5 Å². The molecule has 3 N–H and O–H groups in total. The third-order valence-corrected chi connectivity index (χ3v) is 4.49. The lowest BCUT2D eigenvalue weighted by Gasteiger charge is -2.18. The Morgan fingerprint density at radius 2 is 2.17 bits per heavy atom. The minimum absolute atomic E-state index is 0.0167. The molecule has 2 aromatic heterocycles. The number of sulfonamides is 1. The normalized spacial score (nSPS) is 13.3. The minimum Gasteiger partial charge on any atom is -0.381 e. The van der Waals surface area contributed by atoms with E-state index in [9.17, 15) is 8.42 Å². The Hall–Kier alpha value is -1.12. The Balaban J connectivity index is 2.40. The quantitative estimate of drug-likeness (QED) is 0.891. The number of nitrogens with one attached hydrogen (secondary N) is 1. The van der Waals surface area contributed by atoms with Crippen molar-refractivity contribution in [2.45, 2.75) is 25.8 Å². The number of fused-ring (bicyclic) bond motifs is 1. The molecule has 100 valence electrons. The third kappa shape index (κ3) is 2.50. The van der Waals surface area contributed by atoms with Gasteiger partial charge in [0, 0.05) is 18.1 Å². The summed E-state index contributed by atoms with van der Waals surface area (Å²) in [6.07, 6.45) is 1.65. The van der Waals surface area contributed by atoms with Crippen LogP contribution in [-0.4, -0.2) is 24.3 Å². The number of aromatic nitrogens is 2. The van der Waals surface area contributed by atoms with Gasteiger partial charge < -0.3 is 5.73 Å². The Labute approximate surface area is 110 Å². The molecule has 2 rings (SSSR count). The first-order valence-corrected chi connectivity index (χ1v) is 7.78. The van der Waals surface area contributed by atoms with E-state index in [1.54, 1.807) is 11.6 Å². The molecule has 18 heavy (non-hydrogen) atoms. The van der Waals surface area contributed by atoms with Crippen LogP contribution in [0.15, 0.2) is 16.6 Å². The van der Waals surface area contributed by atoms with E-state index in [-0.39, 0.29) is 16.3 Å². The molecular weight excluding hydrogens is 272 g/mol. The number of nitrogens with two attached hydrogens (primary N) is 1. The SMILES string of the molecule is CC(C)(C)CNS(=O)(=O)c1c(N)nc2sccn12. The van der Waals surface area contributed by atoms with E-state index in [0.717, 1.165) is 0 Å². The second-order valence-corrected chi connectivity index (χ2v) is 7.80. The Morgan fingerprint density at radius 3 is 2.78 bits per heavy atom. The molecule has 0 radical (unpaired) electrons. The van der Waals surface area contributed by atoms with Gasteiger partial charge in [0.2, 0.25) is 0 Å². The van der Waals surface area contributed by atoms with Crippen LogP contribution in [-0.2, 0) is 10.0 Å². The van der Waals surface area contributed by atoms with Gasteiger partial charge >= 0.3 is 0 Å². The average Bonchev–Trinajstić information content (AvgIpc) is 2.72. The van der Waals surface area contributed by atoms with Crippen LogP contribution in [0.5, 0.6) is 0 Å². The molecule has 0 aromatic carbocycles. The van der Waals surface area contributed by atoms with Gasteiger partial charge in [-0.15, -0.1) is 11.3 Å². The number of imidazole rings is 1. The molecular formula is C10H16N4O2S2. The summed E-state index contributed by atoms with van der Waals surface area (Å²) in [5.41, 5.74) is 5.54. The lowest BCUT2D eigenvalue weighted by molar-refractivity contribution is 0.407. The minimum atomic E-state index is -3.65. The van der Waals surface area contributed by atoms with Crippen LogP contribution in [0, 0.1) is 5.41 Å². The van der Waals surface area contributed by atoms with Crippen LogP contribution in [0.25, 0.3) is 4.96 Å². The van der Waals surface area contributed by atoms with E-state index in [1.165, 1.54) is 15.7 Å². The zero-order valence-corrected chi connectivity index (χ0v) is 12.1. The third-order valence-electron chi connectivity index (χ3n) is 2.29. The molecule has 0 fully saturated rings. The first kappa shape index (κ1) is 13.3. The predicted octanol–water partition coefficient (Wildman–Crippen LogP) is 1.30. The highest BCUT2D eigenvalue weighted by molar-refractivity contribution is 7.89. The van der Waals surface area contributed by atoms with E-state index in [4.69, 9.17) is 5.73 Å². The first-order valence-electron chi connectivity index (χ1n) is 5.41. The summed E-state index contributed by atoms with van der Waals surface area (Å²) in [6, 6.07) is 0. The Kier molecular flexibility index (Phi) is 3.12. The van der Waals surface area contributed by atoms with Gasteiger partial charge in [0.1, 0.15) is 0 Å². The van der Waals surface area contributed by atoms with Crippen molar-refractivity contribution >= 4 is 32.1 Å². The summed E-state index contributed by atoms with van der Waals surface area (Å²) in [5, 5.41) is 1.79. The van der Waals surface area contributed by atoms with Gasteiger partial charge in [0.15, 0.2) is 15.8 Å². The molecule has 0 aliphatic rings. The van der Waals surface area contributed by atoms with Crippen molar-refractivity contribution in [1.82, 2.24) is 14.1 Å². The number of rotatable bonds is 3. The van der Waals surface area contributed by atoms with Crippen molar-refractivity contribution in [2.24, 2.45) is 5.41 Å². The fourth-order valence-electron chi connectivity index (χ4n) is 1.43. The summed E-state index contributed by atoms with van der Waals surface area (Å²) >= 11 is 1.34. The molecule has 0 aliphatic heterocycles. The molecule has 2 aromatic rings. The molecule has 0 atom stereocenters. The summed E-state index contributed by atoms with van der Waals surface area (Å²) in [7, 11) is -3.65. The number of anilines is 1. The molecule has 6 nitrogen and oxygen atoms in total. The van der Waals surface area contributed by atoms with Crippen LogP contribution in [0.4, 0.5) is 5.82 Å². The standard InChI is InChI=1S/C10H16N4O2S2/c1-10(2,3)6-12-18(15,16)8-7(11)13-9-14(8)4-5-17-9/h4-5,12H,6,11H2,1-3H3. The predicted molar refractivity (Wildman–Crippen MR) is 72.1 cm³/mol. The number of nitrogen functional groups attached to an aromatic ring is 1. The number of thiazole rings is 1. The van der Waals surface area contributed by atoms with Gasteiger partial charge in [-0.25, -0.2) is 18.1 Å². The maximum absolute atomic E-state index is 12.2. The van der Waals surface area contributed by atoms with Crippen molar-refractivity contribution in [1.29, 1.82) is 0 Å². The van der Waals surface area contributed by atoms with Gasteiger partial charge in [-0.1, -0.05) is 20.8 Å². The first-order chi connectivity index (χ1) is 8.21. The van der Waals surface area contributed by atoms with Gasteiger partial charge in [-0.3, -0.25) is 4.40 Å². The number of hydrogen-bond acceptors (Lipinski definition) is 5. The zero-order chi connectivity index (χ0) is 13.6. The number of nitrogens with zero attached hydrogens (tertiary/aromatic N) is 2. The fourth-order valence-corrected chi connectivity index (χ4v) is 3.69. The van der Waals surface area contributed by atoms with Crippen molar-refractivity contribution in [3.05, 3.63) is 11.6 Å². The highest BCUT2D eigenvalue weighted by Crippen LogP contribution is 2.23. The van der Waals surface area contributed by atoms with Crippen molar-refractivity contribution in [3.8, 4) is 0 Å². The smallest absolute Gasteiger partial charge is 0.260 e. The molecule has 0 aliphatic carbocycles. The zero-order valence-electron chi connectivity index (χ0n) is 10.5. The molecule has 2 heterocycles. The topological polar surface area (TPSA) is 89.5 Å². The fraction of sp³-hybridized carbons (Fsp3) is 0.500. The molecule has 0 amide bonds. The van der Waals surface area contributed by atoms with Gasteiger partial charge in [-0.05, 0) is 5.41 Å². The van der Waals surface area contributed by atoms with Crippen molar-refractivity contribution in [2.75, 3.05) is 12.3 Å². The largest absolute Gasteiger partial charge is 0.381 e. The van der Waals surface area contributed by atoms with Crippen molar-refractivity contribution in [3.63, 3.8) is 0 Å². The van der Waals surface area contributed by atoms with Crippen molar-refractivity contribution < 1.29 is 8.42 Å². The number of hydrogen-bond donors (Lipinski definition) is 2. The Morgan fingerprint density at radius 1 is 1.50 bits per heavy atom. The highest BCUT2D eigenvalue weighted by Gasteiger charge is 2.25. The molecule has 0 unspecified atom stereocenters. The van der Waals surface area contributed by atoms with Crippen LogP contribution in [0.2, 0.25) is 0 Å². The lowest BCUT2D eigenvalue weighted by atomic mass is 9.98. The van der Waals surface area contributed by atoms with E-state index >= 15 is 0 Å². The summed E-state index contributed by atoms with van der Waals surface area (Å²) in [6.45, 7) is 6.20. The highest BCUT2D eigenvalue weighted by atomic mass is 32.2. The van der Waals surface area contributed by atoms with Crippen LogP contribution in [0.1, 0.15) is 20.8 Å². The maximum Gasteiger partial charge on any atom is 0.260 e. The van der Waals surface area contributed by atoms with E-state index in [0.29, 0.717) is 11.5 Å². The average molecular weight is 288 g/mol. The molecule has 0 spiro atoms. The van der Waals surface area contributed by atoms with Crippen LogP contribution >= 0.6 is 11.3 Å². The van der Waals surface area contributed by atoms with Gasteiger partial charge in [-0.2, -0.15) is 0 Å². The molecule has 0 saturated heterocycles. The van der Waals surface area contributed by atoms with Gasteiger partial charge in [0.25, 0.3) is 10.0 Å². The molecule has 8 heteroatoms. The lowest BCUT2D eigenvalue weighted by Crippen LogP contribution is -2.33. The molecule has 0 saturated carbocycles. The van der Waals surface area contributed by atoms with E-state index in [1.807, 2.05) is 20.8 Å². The maximum atomic E-state index is 12.2. The summed E-state index contributed by atoms with van der Waals surface area (Å²) < 4.78 is 28.5. The Bertz CT molecular complexity index is 664.